The quantitative estimate of drug-likeness (QED) is 0.681. The van der Waals surface area contributed by atoms with Crippen molar-refractivity contribution in [3.8, 4) is 0 Å². The zero-order valence-corrected chi connectivity index (χ0v) is 17.6. The van der Waals surface area contributed by atoms with Crippen LogP contribution in [0.3, 0.4) is 0 Å². The van der Waals surface area contributed by atoms with E-state index in [1.807, 2.05) is 19.2 Å². The van der Waals surface area contributed by atoms with Gasteiger partial charge in [-0.2, -0.15) is 0 Å². The van der Waals surface area contributed by atoms with Crippen LogP contribution in [-0.4, -0.2) is 29.5 Å². The van der Waals surface area contributed by atoms with E-state index < -0.39 is 6.04 Å². The van der Waals surface area contributed by atoms with E-state index in [9.17, 15) is 9.18 Å². The van der Waals surface area contributed by atoms with E-state index >= 15 is 0 Å². The minimum absolute atomic E-state index is 0.163. The molecule has 1 heterocycles. The molecule has 1 fully saturated rings. The first-order valence-electron chi connectivity index (χ1n) is 9.92. The van der Waals surface area contributed by atoms with Crippen LogP contribution in [0.4, 0.5) is 15.2 Å². The third-order valence-electron chi connectivity index (χ3n) is 4.88. The number of halogens is 1. The molecule has 1 aliphatic carbocycles. The first kappa shape index (κ1) is 20.7. The molecule has 1 aliphatic rings. The van der Waals surface area contributed by atoms with Crippen LogP contribution >= 0.6 is 11.3 Å². The van der Waals surface area contributed by atoms with Crippen LogP contribution in [0.25, 0.3) is 0 Å². The SMILES string of the molecule is CCN(c1nc(CN(C(=O)[C@@H](N)CC(C)C)c2ccc(F)cc2)cs1)C1CC1. The molecule has 3 rings (SSSR count). The van der Waals surface area contributed by atoms with E-state index in [0.29, 0.717) is 30.6 Å². The Hall–Kier alpha value is -1.99. The highest BCUT2D eigenvalue weighted by molar-refractivity contribution is 7.13. The lowest BCUT2D eigenvalue weighted by molar-refractivity contribution is -0.120. The number of carbonyl (C=O) groups excluding carboxylic acids is 1. The lowest BCUT2D eigenvalue weighted by Gasteiger charge is -2.26. The largest absolute Gasteiger partial charge is 0.345 e. The van der Waals surface area contributed by atoms with E-state index in [2.05, 4.69) is 11.8 Å². The highest BCUT2D eigenvalue weighted by Gasteiger charge is 2.30. The lowest BCUT2D eigenvalue weighted by atomic mass is 10.0. The number of rotatable bonds is 9. The number of carbonyl (C=O) groups is 1. The number of aromatic nitrogens is 1. The van der Waals surface area contributed by atoms with Gasteiger partial charge in [0.2, 0.25) is 5.91 Å². The number of nitrogens with zero attached hydrogens (tertiary/aromatic N) is 3. The third-order valence-corrected chi connectivity index (χ3v) is 5.81. The molecule has 0 bridgehead atoms. The summed E-state index contributed by atoms with van der Waals surface area (Å²) >= 11 is 1.61. The topological polar surface area (TPSA) is 62.5 Å². The summed E-state index contributed by atoms with van der Waals surface area (Å²) in [6, 6.07) is 5.96. The van der Waals surface area contributed by atoms with Crippen molar-refractivity contribution < 1.29 is 9.18 Å². The predicted molar refractivity (Wildman–Crippen MR) is 113 cm³/mol. The van der Waals surface area contributed by atoms with Crippen molar-refractivity contribution >= 4 is 28.1 Å². The molecule has 2 N–H and O–H groups in total. The number of nitrogens with two attached hydrogens (primary N) is 1. The summed E-state index contributed by atoms with van der Waals surface area (Å²) in [6.45, 7) is 7.48. The number of amides is 1. The minimum Gasteiger partial charge on any atom is -0.345 e. The van der Waals surface area contributed by atoms with Gasteiger partial charge >= 0.3 is 0 Å². The highest BCUT2D eigenvalue weighted by Crippen LogP contribution is 2.33. The van der Waals surface area contributed by atoms with Crippen molar-refractivity contribution in [1.82, 2.24) is 4.98 Å². The minimum atomic E-state index is -0.596. The van der Waals surface area contributed by atoms with Gasteiger partial charge in [0.1, 0.15) is 5.82 Å². The smallest absolute Gasteiger partial charge is 0.244 e. The molecule has 0 spiro atoms. The molecule has 152 valence electrons. The number of benzene rings is 1. The van der Waals surface area contributed by atoms with E-state index in [1.54, 1.807) is 28.4 Å². The second kappa shape index (κ2) is 9.01. The van der Waals surface area contributed by atoms with Gasteiger partial charge in [0, 0.05) is 23.7 Å². The summed E-state index contributed by atoms with van der Waals surface area (Å²) < 4.78 is 13.4. The van der Waals surface area contributed by atoms with Crippen LogP contribution in [0.15, 0.2) is 29.6 Å². The maximum Gasteiger partial charge on any atom is 0.244 e. The summed E-state index contributed by atoms with van der Waals surface area (Å²) in [4.78, 5) is 21.8. The van der Waals surface area contributed by atoms with E-state index in [-0.39, 0.29) is 11.7 Å². The molecule has 2 aromatic rings. The summed E-state index contributed by atoms with van der Waals surface area (Å²) in [5.74, 6) is -0.178. The Bertz CT molecular complexity index is 788. The van der Waals surface area contributed by atoms with Gasteiger partial charge in [0.05, 0.1) is 18.3 Å². The van der Waals surface area contributed by atoms with E-state index in [4.69, 9.17) is 10.7 Å². The zero-order valence-electron chi connectivity index (χ0n) is 16.8. The molecule has 1 amide bonds. The standard InChI is InChI=1S/C21H29FN4OS/c1-4-25(17-9-10-17)21-24-16(13-28-21)12-26(18-7-5-15(22)6-8-18)20(27)19(23)11-14(2)3/h5-8,13-14,17,19H,4,9-12,23H2,1-3H3/t19-/m0/s1. The zero-order chi connectivity index (χ0) is 20.3. The molecular weight excluding hydrogens is 375 g/mol. The Morgan fingerprint density at radius 1 is 1.32 bits per heavy atom. The van der Waals surface area contributed by atoms with Gasteiger partial charge in [-0.1, -0.05) is 13.8 Å². The van der Waals surface area contributed by atoms with E-state index in [1.165, 1.54) is 25.0 Å². The van der Waals surface area contributed by atoms with Gasteiger partial charge in [-0.05, 0) is 56.4 Å². The lowest BCUT2D eigenvalue weighted by Crippen LogP contribution is -2.44. The molecule has 7 heteroatoms. The molecular formula is C21H29FN4OS. The van der Waals surface area contributed by atoms with Gasteiger partial charge in [-0.15, -0.1) is 11.3 Å². The highest BCUT2D eigenvalue weighted by atomic mass is 32.1. The summed E-state index contributed by atoms with van der Waals surface area (Å²) in [6.07, 6.45) is 3.03. The fourth-order valence-corrected chi connectivity index (χ4v) is 4.28. The summed E-state index contributed by atoms with van der Waals surface area (Å²) in [7, 11) is 0. The summed E-state index contributed by atoms with van der Waals surface area (Å²) in [5, 5.41) is 3.00. The van der Waals surface area contributed by atoms with Crippen molar-refractivity contribution in [2.75, 3.05) is 16.3 Å². The van der Waals surface area contributed by atoms with Crippen molar-refractivity contribution in [3.05, 3.63) is 41.2 Å². The van der Waals surface area contributed by atoms with Crippen molar-refractivity contribution in [2.45, 2.75) is 58.7 Å². The number of hydrogen-bond donors (Lipinski definition) is 1. The van der Waals surface area contributed by atoms with Crippen LogP contribution in [0, 0.1) is 11.7 Å². The maximum atomic E-state index is 13.4. The normalized spacial score (nSPS) is 14.9. The van der Waals surface area contributed by atoms with Crippen molar-refractivity contribution in [1.29, 1.82) is 0 Å². The second-order valence-electron chi connectivity index (χ2n) is 7.78. The molecule has 5 nitrogen and oxygen atoms in total. The van der Waals surface area contributed by atoms with Crippen LogP contribution < -0.4 is 15.5 Å². The van der Waals surface area contributed by atoms with Crippen LogP contribution in [0.2, 0.25) is 0 Å². The Labute approximate surface area is 170 Å². The Kier molecular flexibility index (Phi) is 6.67. The molecule has 0 radical (unpaired) electrons. The average Bonchev–Trinajstić information content (AvgIpc) is 3.38. The molecule has 1 atom stereocenters. The molecule has 28 heavy (non-hydrogen) atoms. The monoisotopic (exact) mass is 404 g/mol. The number of anilines is 2. The molecule has 1 saturated carbocycles. The second-order valence-corrected chi connectivity index (χ2v) is 8.61. The first-order chi connectivity index (χ1) is 13.4. The molecule has 0 aliphatic heterocycles. The van der Waals surface area contributed by atoms with Crippen LogP contribution in [0.1, 0.15) is 45.7 Å². The molecule has 0 saturated heterocycles. The third kappa shape index (κ3) is 5.08. The molecule has 1 aromatic heterocycles. The molecule has 0 unspecified atom stereocenters. The Morgan fingerprint density at radius 3 is 2.57 bits per heavy atom. The van der Waals surface area contributed by atoms with Gasteiger partial charge in [0.25, 0.3) is 0 Å². The molecule has 1 aromatic carbocycles. The van der Waals surface area contributed by atoms with Gasteiger partial charge in [-0.3, -0.25) is 4.79 Å². The Balaban J connectivity index is 1.81. The van der Waals surface area contributed by atoms with Crippen molar-refractivity contribution in [2.24, 2.45) is 11.7 Å². The summed E-state index contributed by atoms with van der Waals surface area (Å²) in [5.41, 5.74) is 7.63. The van der Waals surface area contributed by atoms with Gasteiger partial charge < -0.3 is 15.5 Å². The maximum absolute atomic E-state index is 13.4. The number of hydrogen-bond acceptors (Lipinski definition) is 5. The number of thiazole rings is 1. The average molecular weight is 405 g/mol. The fourth-order valence-electron chi connectivity index (χ4n) is 3.33. The van der Waals surface area contributed by atoms with E-state index in [0.717, 1.165) is 17.4 Å². The van der Waals surface area contributed by atoms with Crippen molar-refractivity contribution in [3.63, 3.8) is 0 Å². The van der Waals surface area contributed by atoms with Crippen LogP contribution in [0.5, 0.6) is 0 Å². The Morgan fingerprint density at radius 2 is 2.00 bits per heavy atom. The fraction of sp³-hybridized carbons (Fsp3) is 0.524. The first-order valence-corrected chi connectivity index (χ1v) is 10.8. The predicted octanol–water partition coefficient (Wildman–Crippen LogP) is 4.18. The van der Waals surface area contributed by atoms with Gasteiger partial charge in [-0.25, -0.2) is 9.37 Å². The van der Waals surface area contributed by atoms with Gasteiger partial charge in [0.15, 0.2) is 5.13 Å². The van der Waals surface area contributed by atoms with Crippen LogP contribution in [-0.2, 0) is 11.3 Å².